The van der Waals surface area contributed by atoms with Crippen molar-refractivity contribution in [2.75, 3.05) is 90.0 Å². The lowest BCUT2D eigenvalue weighted by atomic mass is 10.2. The Labute approximate surface area is 279 Å². The quantitative estimate of drug-likeness (QED) is 0.194. The van der Waals surface area contributed by atoms with Crippen molar-refractivity contribution in [1.29, 1.82) is 0 Å². The fourth-order valence-electron chi connectivity index (χ4n) is 4.90. The van der Waals surface area contributed by atoms with Crippen LogP contribution < -0.4 is 0 Å². The maximum atomic E-state index is 10.9. The van der Waals surface area contributed by atoms with E-state index in [1.807, 2.05) is 50.2 Å². The molecule has 14 heteroatoms. The standard InChI is InChI=1S/C30H50N6O4S4/c1-25(37)19-33-11-15-35(21-27(39)23-41-43-29-7-3-5-9-31-29)17-13-34(20-26(2)38)14-18-36(16-12-33)22-28(40)24-42-44-30-8-4-6-10-32-30/h3-10,25-28,37-40H,11-24H2,1-2H3/t25-,26-,27+,28+/m0/s1. The molecular weight excluding hydrogens is 637 g/mol. The van der Waals surface area contributed by atoms with Gasteiger partial charge in [0.15, 0.2) is 0 Å². The lowest BCUT2D eigenvalue weighted by Gasteiger charge is -2.36. The van der Waals surface area contributed by atoms with Crippen molar-refractivity contribution >= 4 is 43.2 Å². The van der Waals surface area contributed by atoms with Crippen LogP contribution in [0.15, 0.2) is 58.8 Å². The highest BCUT2D eigenvalue weighted by molar-refractivity contribution is 8.77. The summed E-state index contributed by atoms with van der Waals surface area (Å²) in [5, 5.41) is 44.1. The molecule has 1 saturated heterocycles. The topological polar surface area (TPSA) is 120 Å². The summed E-state index contributed by atoms with van der Waals surface area (Å²) in [6, 6.07) is 11.7. The zero-order valence-corrected chi connectivity index (χ0v) is 29.2. The monoisotopic (exact) mass is 686 g/mol. The minimum Gasteiger partial charge on any atom is -0.392 e. The fraction of sp³-hybridized carbons (Fsp3) is 0.667. The van der Waals surface area contributed by atoms with Crippen molar-refractivity contribution in [3.05, 3.63) is 48.8 Å². The Morgan fingerprint density at radius 2 is 0.909 bits per heavy atom. The van der Waals surface area contributed by atoms with Crippen molar-refractivity contribution in [2.45, 2.75) is 48.3 Å². The molecule has 0 radical (unpaired) electrons. The molecule has 2 aromatic heterocycles. The first-order chi connectivity index (χ1) is 21.3. The summed E-state index contributed by atoms with van der Waals surface area (Å²) in [6.07, 6.45) is 1.71. The minimum atomic E-state index is -0.481. The predicted octanol–water partition coefficient (Wildman–Crippen LogP) is 2.36. The third-order valence-electron chi connectivity index (χ3n) is 7.00. The van der Waals surface area contributed by atoms with E-state index < -0.39 is 24.4 Å². The smallest absolute Gasteiger partial charge is 0.106 e. The molecular formula is C30H50N6O4S4. The number of aromatic nitrogens is 2. The second-order valence-electron chi connectivity index (χ2n) is 11.3. The van der Waals surface area contributed by atoms with Crippen LogP contribution >= 0.6 is 43.2 Å². The molecule has 0 bridgehead atoms. The Morgan fingerprint density at radius 1 is 0.568 bits per heavy atom. The van der Waals surface area contributed by atoms with Gasteiger partial charge in [0.05, 0.1) is 24.4 Å². The highest BCUT2D eigenvalue weighted by Gasteiger charge is 2.21. The largest absolute Gasteiger partial charge is 0.392 e. The van der Waals surface area contributed by atoms with Crippen LogP contribution in [0.4, 0.5) is 0 Å². The summed E-state index contributed by atoms with van der Waals surface area (Å²) in [4.78, 5) is 17.9. The molecule has 0 amide bonds. The molecule has 2 aromatic rings. The van der Waals surface area contributed by atoms with Gasteiger partial charge in [0.25, 0.3) is 0 Å². The summed E-state index contributed by atoms with van der Waals surface area (Å²) in [5.41, 5.74) is 0. The van der Waals surface area contributed by atoms with Gasteiger partial charge in [0, 0.05) is 102 Å². The molecule has 0 saturated carbocycles. The van der Waals surface area contributed by atoms with Crippen LogP contribution in [0.1, 0.15) is 13.8 Å². The van der Waals surface area contributed by atoms with Crippen LogP contribution in [0.25, 0.3) is 0 Å². The maximum absolute atomic E-state index is 10.9. The Morgan fingerprint density at radius 3 is 1.20 bits per heavy atom. The van der Waals surface area contributed by atoms with E-state index in [9.17, 15) is 20.4 Å². The first-order valence-electron chi connectivity index (χ1n) is 15.3. The zero-order chi connectivity index (χ0) is 31.6. The van der Waals surface area contributed by atoms with E-state index in [1.54, 1.807) is 55.6 Å². The van der Waals surface area contributed by atoms with Gasteiger partial charge in [-0.05, 0) is 59.7 Å². The number of nitrogens with zero attached hydrogens (tertiary/aromatic N) is 6. The molecule has 0 spiro atoms. The van der Waals surface area contributed by atoms with E-state index in [4.69, 9.17) is 0 Å². The van der Waals surface area contributed by atoms with Gasteiger partial charge in [-0.15, -0.1) is 0 Å². The normalized spacial score (nSPS) is 20.0. The van der Waals surface area contributed by atoms with Crippen LogP contribution in [0.5, 0.6) is 0 Å². The summed E-state index contributed by atoms with van der Waals surface area (Å²) in [6.45, 7) is 12.1. The van der Waals surface area contributed by atoms with E-state index in [1.165, 1.54) is 0 Å². The SMILES string of the molecule is C[C@H](O)CN1CCN(C[C@@H](O)CSSc2ccccn2)CCN(C[C@H](C)O)CCN(C[C@@H](O)CSSc2ccccn2)CC1. The fourth-order valence-corrected chi connectivity index (χ4v) is 8.94. The number of aliphatic hydroxyl groups is 4. The number of hydrogen-bond donors (Lipinski definition) is 4. The minimum absolute atomic E-state index is 0.442. The van der Waals surface area contributed by atoms with Crippen molar-refractivity contribution in [3.8, 4) is 0 Å². The Hall–Kier alpha value is -0.620. The Balaban J connectivity index is 1.57. The second-order valence-corrected chi connectivity index (χ2v) is 16.0. The number of pyridine rings is 2. The predicted molar refractivity (Wildman–Crippen MR) is 186 cm³/mol. The van der Waals surface area contributed by atoms with E-state index in [0.29, 0.717) is 37.7 Å². The Bertz CT molecular complexity index is 909. The lowest BCUT2D eigenvalue weighted by Crippen LogP contribution is -2.50. The van der Waals surface area contributed by atoms with Crippen molar-refractivity contribution in [1.82, 2.24) is 29.6 Å². The maximum Gasteiger partial charge on any atom is 0.106 e. The first kappa shape index (κ1) is 37.8. The van der Waals surface area contributed by atoms with E-state index in [2.05, 4.69) is 29.6 Å². The van der Waals surface area contributed by atoms with Crippen LogP contribution in [0, 0.1) is 0 Å². The van der Waals surface area contributed by atoms with Crippen LogP contribution in [-0.4, -0.2) is 164 Å². The van der Waals surface area contributed by atoms with E-state index >= 15 is 0 Å². The van der Waals surface area contributed by atoms with Gasteiger partial charge < -0.3 is 20.4 Å². The lowest BCUT2D eigenvalue weighted by molar-refractivity contribution is 0.0587. The van der Waals surface area contributed by atoms with Crippen LogP contribution in [-0.2, 0) is 0 Å². The molecule has 3 rings (SSSR count). The molecule has 1 aliphatic rings. The molecule has 44 heavy (non-hydrogen) atoms. The van der Waals surface area contributed by atoms with Gasteiger partial charge in [-0.3, -0.25) is 19.6 Å². The van der Waals surface area contributed by atoms with Crippen LogP contribution in [0.3, 0.4) is 0 Å². The first-order valence-corrected chi connectivity index (χ1v) is 19.9. The molecule has 10 nitrogen and oxygen atoms in total. The third kappa shape index (κ3) is 16.8. The average Bonchev–Trinajstić information content (AvgIpc) is 2.99. The molecule has 0 unspecified atom stereocenters. The van der Waals surface area contributed by atoms with E-state index in [-0.39, 0.29) is 0 Å². The van der Waals surface area contributed by atoms with Crippen molar-refractivity contribution in [3.63, 3.8) is 0 Å². The molecule has 4 N–H and O–H groups in total. The van der Waals surface area contributed by atoms with Gasteiger partial charge in [-0.2, -0.15) is 0 Å². The number of hydrogen-bond acceptors (Lipinski definition) is 14. The van der Waals surface area contributed by atoms with Gasteiger partial charge >= 0.3 is 0 Å². The molecule has 3 heterocycles. The molecule has 0 aliphatic carbocycles. The summed E-state index contributed by atoms with van der Waals surface area (Å²) >= 11 is 0. The average molecular weight is 687 g/mol. The van der Waals surface area contributed by atoms with Crippen molar-refractivity contribution < 1.29 is 20.4 Å². The van der Waals surface area contributed by atoms with Gasteiger partial charge in [0.1, 0.15) is 10.1 Å². The van der Waals surface area contributed by atoms with E-state index in [0.717, 1.165) is 62.4 Å². The molecule has 1 aliphatic heterocycles. The summed E-state index contributed by atoms with van der Waals surface area (Å²) in [5.74, 6) is 1.20. The van der Waals surface area contributed by atoms with Gasteiger partial charge in [-0.25, -0.2) is 9.97 Å². The molecule has 248 valence electrons. The van der Waals surface area contributed by atoms with Gasteiger partial charge in [-0.1, -0.05) is 33.7 Å². The summed E-state index contributed by atoms with van der Waals surface area (Å²) in [7, 11) is 6.38. The number of rotatable bonds is 16. The number of aliphatic hydroxyl groups excluding tert-OH is 4. The van der Waals surface area contributed by atoms with Crippen LogP contribution in [0.2, 0.25) is 0 Å². The second kappa shape index (κ2) is 22.0. The highest BCUT2D eigenvalue weighted by atomic mass is 33.1. The summed E-state index contributed by atoms with van der Waals surface area (Å²) < 4.78 is 0. The zero-order valence-electron chi connectivity index (χ0n) is 25.9. The molecule has 1 fully saturated rings. The Kier molecular flexibility index (Phi) is 19.0. The molecule has 0 aromatic carbocycles. The highest BCUT2D eigenvalue weighted by Crippen LogP contribution is 2.30. The molecule has 4 atom stereocenters. The van der Waals surface area contributed by atoms with Crippen molar-refractivity contribution in [2.24, 2.45) is 0 Å². The third-order valence-corrected chi connectivity index (χ3v) is 11.6. The number of β-amino-alcohol motifs (C(OH)–C–C–N with tert-alkyl or cyclic N) is 4. The van der Waals surface area contributed by atoms with Gasteiger partial charge in [0.2, 0.25) is 0 Å².